The van der Waals surface area contributed by atoms with Gasteiger partial charge in [-0.05, 0) is 36.3 Å². The molecule has 16 nitrogen and oxygen atoms in total. The number of amides is 4. The quantitative estimate of drug-likeness (QED) is 0.0543. The maximum atomic E-state index is 14.4. The Kier molecular flexibility index (Phi) is 20.9. The number of carbonyl (C=O) groups is 9. The highest BCUT2D eigenvalue weighted by atomic mass is 16.5. The van der Waals surface area contributed by atoms with E-state index in [0.29, 0.717) is 12.0 Å². The van der Waals surface area contributed by atoms with E-state index in [9.17, 15) is 43.2 Å². The molecule has 0 aromatic heterocycles. The number of nitrogens with one attached hydrogen (secondary N) is 2. The number of nitrogens with zero attached hydrogens (tertiary/aromatic N) is 1. The first-order chi connectivity index (χ1) is 29.1. The van der Waals surface area contributed by atoms with Gasteiger partial charge in [0.2, 0.25) is 29.4 Å². The van der Waals surface area contributed by atoms with Crippen molar-refractivity contribution in [2.24, 2.45) is 23.5 Å². The van der Waals surface area contributed by atoms with E-state index >= 15 is 0 Å². The summed E-state index contributed by atoms with van der Waals surface area (Å²) in [6.07, 6.45) is -1.50. The Morgan fingerprint density at radius 3 is 2.11 bits per heavy atom. The Morgan fingerprint density at radius 1 is 0.836 bits per heavy atom. The molecule has 0 bridgehead atoms. The third kappa shape index (κ3) is 17.4. The number of primary amides is 1. The van der Waals surface area contributed by atoms with Crippen LogP contribution in [-0.2, 0) is 59.2 Å². The van der Waals surface area contributed by atoms with E-state index in [1.807, 2.05) is 44.2 Å². The Hall–Kier alpha value is -5.77. The molecule has 16 heteroatoms. The molecule has 2 aromatic carbocycles. The summed E-state index contributed by atoms with van der Waals surface area (Å²) in [7, 11) is 0. The molecule has 1 saturated heterocycles. The van der Waals surface area contributed by atoms with E-state index < -0.39 is 95.8 Å². The first-order valence-electron chi connectivity index (χ1n) is 20.9. The SMILES string of the molecule is CCCC(CC(=O)[C@@H]1C[C@@H](OCc2ccccc2)CN1C(=O)[C@H](CCCNC(=O)CCC(=O)O)CC(=O)OCC(C)C)C(=O)C(=O)CCC(=O)N[C@H](C(N)=O)c1ccccc1. The molecule has 61 heavy (non-hydrogen) atoms. The van der Waals surface area contributed by atoms with E-state index in [1.165, 1.54) is 4.90 Å². The van der Waals surface area contributed by atoms with Gasteiger partial charge in [-0.25, -0.2) is 0 Å². The van der Waals surface area contributed by atoms with Crippen LogP contribution in [0.15, 0.2) is 60.7 Å². The minimum atomic E-state index is -1.14. The monoisotopic (exact) mass is 848 g/mol. The smallest absolute Gasteiger partial charge is 0.306 e. The molecule has 332 valence electrons. The lowest BCUT2D eigenvalue weighted by atomic mass is 9.87. The van der Waals surface area contributed by atoms with Crippen molar-refractivity contribution >= 4 is 52.9 Å². The van der Waals surface area contributed by atoms with Crippen molar-refractivity contribution in [2.75, 3.05) is 19.7 Å². The van der Waals surface area contributed by atoms with Crippen molar-refractivity contribution in [1.29, 1.82) is 0 Å². The molecule has 1 heterocycles. The molecule has 5 N–H and O–H groups in total. The van der Waals surface area contributed by atoms with E-state index in [1.54, 1.807) is 37.3 Å². The summed E-state index contributed by atoms with van der Waals surface area (Å²) in [5, 5.41) is 14.0. The standard InChI is InChI=1S/C45H60N4O12/c1-4-12-32(43(57)36(50)18-19-39(53)48-42(44(46)58)31-15-9-6-10-16-31)23-37(51)35-25-34(60-28-30-13-7-5-8-14-30)26-49(35)45(59)33(24-41(56)61-27-29(2)3)17-11-22-47-38(52)20-21-40(54)55/h5-10,13-16,29,32-35,42H,4,11-12,17-28H2,1-3H3,(H2,46,58)(H,47,52)(H,48,53)(H,54,55)/t32?,33-,34-,35+,42+/m1/s1. The summed E-state index contributed by atoms with van der Waals surface area (Å²) in [5.41, 5.74) is 6.82. The van der Waals surface area contributed by atoms with Crippen LogP contribution in [-0.4, -0.2) is 94.8 Å². The molecule has 0 spiro atoms. The molecule has 1 unspecified atom stereocenters. The predicted octanol–water partition coefficient (Wildman–Crippen LogP) is 3.78. The third-order valence-electron chi connectivity index (χ3n) is 10.2. The zero-order valence-corrected chi connectivity index (χ0v) is 35.3. The molecule has 5 atom stereocenters. The lowest BCUT2D eigenvalue weighted by Gasteiger charge is -2.28. The number of hydrogen-bond donors (Lipinski definition) is 4. The van der Waals surface area contributed by atoms with Crippen LogP contribution in [0.2, 0.25) is 0 Å². The van der Waals surface area contributed by atoms with Gasteiger partial charge in [0.1, 0.15) is 6.04 Å². The van der Waals surface area contributed by atoms with Crippen LogP contribution < -0.4 is 16.4 Å². The summed E-state index contributed by atoms with van der Waals surface area (Å²) < 4.78 is 11.6. The van der Waals surface area contributed by atoms with Gasteiger partial charge in [-0.3, -0.25) is 43.2 Å². The number of carboxylic acids is 1. The number of benzene rings is 2. The summed E-state index contributed by atoms with van der Waals surface area (Å²) in [4.78, 5) is 118. The number of carboxylic acid groups (broad SMARTS) is 1. The minimum Gasteiger partial charge on any atom is -0.481 e. The molecule has 0 saturated carbocycles. The first kappa shape index (κ1) is 49.6. The first-order valence-corrected chi connectivity index (χ1v) is 20.9. The number of esters is 1. The topological polar surface area (TPSA) is 246 Å². The number of aliphatic carboxylic acids is 1. The fourth-order valence-corrected chi connectivity index (χ4v) is 7.04. The highest BCUT2D eigenvalue weighted by Gasteiger charge is 2.43. The van der Waals surface area contributed by atoms with Crippen LogP contribution in [0.5, 0.6) is 0 Å². The molecule has 3 rings (SSSR count). The lowest BCUT2D eigenvalue weighted by Crippen LogP contribution is -2.45. The van der Waals surface area contributed by atoms with Gasteiger partial charge in [0, 0.05) is 57.0 Å². The Morgan fingerprint density at radius 2 is 1.49 bits per heavy atom. The molecule has 1 aliphatic heterocycles. The van der Waals surface area contributed by atoms with Crippen LogP contribution >= 0.6 is 0 Å². The van der Waals surface area contributed by atoms with Crippen molar-refractivity contribution in [1.82, 2.24) is 15.5 Å². The average Bonchev–Trinajstić information content (AvgIpc) is 3.68. The number of Topliss-reactive ketones (excluding diaryl/α,β-unsaturated/α-hetero) is 3. The molecule has 4 amide bonds. The fourth-order valence-electron chi connectivity index (χ4n) is 7.04. The molecule has 1 fully saturated rings. The average molecular weight is 849 g/mol. The van der Waals surface area contributed by atoms with Crippen molar-refractivity contribution in [3.63, 3.8) is 0 Å². The number of likely N-dealkylation sites (tertiary alicyclic amines) is 1. The van der Waals surface area contributed by atoms with Crippen molar-refractivity contribution in [3.8, 4) is 0 Å². The lowest BCUT2D eigenvalue weighted by molar-refractivity contribution is -0.151. The second-order valence-electron chi connectivity index (χ2n) is 15.8. The maximum absolute atomic E-state index is 14.4. The highest BCUT2D eigenvalue weighted by molar-refractivity contribution is 6.38. The number of hydrogen-bond acceptors (Lipinski definition) is 11. The van der Waals surface area contributed by atoms with Gasteiger partial charge in [0.25, 0.3) is 0 Å². The number of ether oxygens (including phenoxy) is 2. The van der Waals surface area contributed by atoms with Gasteiger partial charge < -0.3 is 35.8 Å². The predicted molar refractivity (Wildman–Crippen MR) is 222 cm³/mol. The third-order valence-corrected chi connectivity index (χ3v) is 10.2. The van der Waals surface area contributed by atoms with Crippen molar-refractivity contribution in [2.45, 2.75) is 116 Å². The summed E-state index contributed by atoms with van der Waals surface area (Å²) in [5.74, 6) is -8.23. The van der Waals surface area contributed by atoms with Gasteiger partial charge in [0.15, 0.2) is 11.6 Å². The van der Waals surface area contributed by atoms with E-state index in [2.05, 4.69) is 10.6 Å². The largest absolute Gasteiger partial charge is 0.481 e. The van der Waals surface area contributed by atoms with Gasteiger partial charge in [0.05, 0.1) is 38.2 Å². The van der Waals surface area contributed by atoms with Gasteiger partial charge >= 0.3 is 11.9 Å². The number of ketones is 3. The molecule has 1 aliphatic rings. The van der Waals surface area contributed by atoms with Crippen molar-refractivity contribution in [3.05, 3.63) is 71.8 Å². The van der Waals surface area contributed by atoms with Crippen LogP contribution in [0.3, 0.4) is 0 Å². The molecular weight excluding hydrogens is 789 g/mol. The zero-order chi connectivity index (χ0) is 44.9. The number of nitrogens with two attached hydrogens (primary N) is 1. The van der Waals surface area contributed by atoms with Crippen LogP contribution in [0.4, 0.5) is 0 Å². The van der Waals surface area contributed by atoms with E-state index in [0.717, 1.165) is 5.56 Å². The molecule has 0 aliphatic carbocycles. The van der Waals surface area contributed by atoms with Gasteiger partial charge in [-0.2, -0.15) is 0 Å². The summed E-state index contributed by atoms with van der Waals surface area (Å²) >= 11 is 0. The van der Waals surface area contributed by atoms with Crippen LogP contribution in [0, 0.1) is 17.8 Å². The number of carbonyl (C=O) groups excluding carboxylic acids is 8. The molecule has 0 radical (unpaired) electrons. The highest BCUT2D eigenvalue weighted by Crippen LogP contribution is 2.29. The van der Waals surface area contributed by atoms with E-state index in [-0.39, 0.29) is 83.6 Å². The Labute approximate surface area is 356 Å². The van der Waals surface area contributed by atoms with Crippen LogP contribution in [0.1, 0.15) is 109 Å². The summed E-state index contributed by atoms with van der Waals surface area (Å²) in [6.45, 7) is 6.00. The van der Waals surface area contributed by atoms with Crippen molar-refractivity contribution < 1.29 is 57.7 Å². The summed E-state index contributed by atoms with van der Waals surface area (Å²) in [6, 6.07) is 15.5. The molecule has 2 aromatic rings. The zero-order valence-electron chi connectivity index (χ0n) is 35.3. The van der Waals surface area contributed by atoms with E-state index in [4.69, 9.17) is 20.3 Å². The molecular formula is C45H60N4O12. The fraction of sp³-hybridized carbons (Fsp3) is 0.533. The second kappa shape index (κ2) is 25.8. The Balaban J connectivity index is 1.77. The van der Waals surface area contributed by atoms with Gasteiger partial charge in [-0.15, -0.1) is 0 Å². The van der Waals surface area contributed by atoms with Crippen LogP contribution in [0.25, 0.3) is 0 Å². The second-order valence-corrected chi connectivity index (χ2v) is 15.8. The minimum absolute atomic E-state index is 0.0151. The Bertz CT molecular complexity index is 1820. The normalized spacial score (nSPS) is 16.2. The van der Waals surface area contributed by atoms with Gasteiger partial charge in [-0.1, -0.05) is 87.9 Å². The maximum Gasteiger partial charge on any atom is 0.306 e. The number of rotatable bonds is 28.